The fraction of sp³-hybridized carbons (Fsp3) is 0.214. The highest BCUT2D eigenvalue weighted by atomic mass is 35.5. The summed E-state index contributed by atoms with van der Waals surface area (Å²) in [7, 11) is 0. The van der Waals surface area contributed by atoms with Gasteiger partial charge in [-0.3, -0.25) is 4.98 Å². The molecule has 0 aliphatic heterocycles. The van der Waals surface area contributed by atoms with Crippen LogP contribution in [-0.2, 0) is 6.42 Å². The standard InChI is InChI=1S/C14H14ClFN2/c1-9-4-11(8-18-7-9)14(17)5-10-2-3-12(16)6-13(10)15/h2-4,6-8,14H,5,17H2,1H3. The molecule has 0 saturated heterocycles. The van der Waals surface area contributed by atoms with E-state index in [-0.39, 0.29) is 11.9 Å². The second kappa shape index (κ2) is 5.46. The first-order valence-corrected chi connectivity index (χ1v) is 6.05. The molecule has 0 aliphatic rings. The maximum absolute atomic E-state index is 12.9. The van der Waals surface area contributed by atoms with Crippen LogP contribution in [0.5, 0.6) is 0 Å². The van der Waals surface area contributed by atoms with Crippen molar-refractivity contribution in [3.05, 3.63) is 64.2 Å². The minimum atomic E-state index is -0.338. The van der Waals surface area contributed by atoms with Crippen molar-refractivity contribution in [2.24, 2.45) is 5.73 Å². The molecule has 1 aromatic heterocycles. The third-order valence-electron chi connectivity index (χ3n) is 2.78. The van der Waals surface area contributed by atoms with Gasteiger partial charge < -0.3 is 5.73 Å². The molecule has 2 rings (SSSR count). The lowest BCUT2D eigenvalue weighted by Gasteiger charge is -2.13. The number of hydrogen-bond donors (Lipinski definition) is 1. The fourth-order valence-electron chi connectivity index (χ4n) is 1.82. The second-order valence-corrected chi connectivity index (χ2v) is 4.75. The van der Waals surface area contributed by atoms with E-state index in [0.717, 1.165) is 16.7 Å². The summed E-state index contributed by atoms with van der Waals surface area (Å²) >= 11 is 5.98. The largest absolute Gasteiger partial charge is 0.324 e. The van der Waals surface area contributed by atoms with Crippen molar-refractivity contribution >= 4 is 11.6 Å². The number of aryl methyl sites for hydroxylation is 1. The second-order valence-electron chi connectivity index (χ2n) is 4.34. The van der Waals surface area contributed by atoms with Crippen molar-refractivity contribution in [2.75, 3.05) is 0 Å². The van der Waals surface area contributed by atoms with E-state index in [2.05, 4.69) is 4.98 Å². The molecule has 4 heteroatoms. The number of nitrogens with two attached hydrogens (primary N) is 1. The van der Waals surface area contributed by atoms with E-state index in [1.54, 1.807) is 18.5 Å². The van der Waals surface area contributed by atoms with E-state index in [9.17, 15) is 4.39 Å². The quantitative estimate of drug-likeness (QED) is 0.923. The minimum absolute atomic E-state index is 0.194. The molecule has 0 fully saturated rings. The number of nitrogens with zero attached hydrogens (tertiary/aromatic N) is 1. The van der Waals surface area contributed by atoms with E-state index >= 15 is 0 Å². The maximum Gasteiger partial charge on any atom is 0.124 e. The normalized spacial score (nSPS) is 12.4. The Labute approximate surface area is 111 Å². The van der Waals surface area contributed by atoms with Crippen LogP contribution < -0.4 is 5.73 Å². The molecule has 1 heterocycles. The third kappa shape index (κ3) is 3.06. The Bertz CT molecular complexity index is 557. The predicted molar refractivity (Wildman–Crippen MR) is 71.0 cm³/mol. The molecule has 1 aromatic carbocycles. The van der Waals surface area contributed by atoms with E-state index in [1.807, 2.05) is 13.0 Å². The van der Waals surface area contributed by atoms with Gasteiger partial charge in [0.25, 0.3) is 0 Å². The lowest BCUT2D eigenvalue weighted by Crippen LogP contribution is -2.14. The highest BCUT2D eigenvalue weighted by molar-refractivity contribution is 6.31. The van der Waals surface area contributed by atoms with Crippen molar-refractivity contribution in [3.8, 4) is 0 Å². The van der Waals surface area contributed by atoms with Gasteiger partial charge in [-0.1, -0.05) is 23.7 Å². The molecule has 0 bridgehead atoms. The Balaban J connectivity index is 2.18. The van der Waals surface area contributed by atoms with Crippen LogP contribution in [0.3, 0.4) is 0 Å². The summed E-state index contributed by atoms with van der Waals surface area (Å²) in [6, 6.07) is 6.16. The molecular formula is C14H14ClFN2. The van der Waals surface area contributed by atoms with E-state index in [0.29, 0.717) is 11.4 Å². The van der Waals surface area contributed by atoms with Crippen molar-refractivity contribution in [1.82, 2.24) is 4.98 Å². The fourth-order valence-corrected chi connectivity index (χ4v) is 2.07. The molecule has 0 radical (unpaired) electrons. The van der Waals surface area contributed by atoms with Gasteiger partial charge in [0.1, 0.15) is 5.82 Å². The Hall–Kier alpha value is -1.45. The highest BCUT2D eigenvalue weighted by Crippen LogP contribution is 2.23. The third-order valence-corrected chi connectivity index (χ3v) is 3.13. The maximum atomic E-state index is 12.9. The van der Waals surface area contributed by atoms with E-state index in [4.69, 9.17) is 17.3 Å². The first-order valence-electron chi connectivity index (χ1n) is 5.67. The lowest BCUT2D eigenvalue weighted by molar-refractivity contribution is 0.625. The lowest BCUT2D eigenvalue weighted by atomic mass is 10.00. The Morgan fingerprint density at radius 3 is 2.78 bits per heavy atom. The molecule has 0 spiro atoms. The van der Waals surface area contributed by atoms with Gasteiger partial charge in [0.05, 0.1) is 0 Å². The Morgan fingerprint density at radius 2 is 2.11 bits per heavy atom. The molecule has 0 saturated carbocycles. The van der Waals surface area contributed by atoms with Crippen LogP contribution in [-0.4, -0.2) is 4.98 Å². The molecule has 18 heavy (non-hydrogen) atoms. The minimum Gasteiger partial charge on any atom is -0.324 e. The number of halogens is 2. The van der Waals surface area contributed by atoms with Crippen molar-refractivity contribution in [1.29, 1.82) is 0 Å². The zero-order valence-electron chi connectivity index (χ0n) is 10.0. The van der Waals surface area contributed by atoms with Crippen LogP contribution in [0.2, 0.25) is 5.02 Å². The monoisotopic (exact) mass is 264 g/mol. The summed E-state index contributed by atoms with van der Waals surface area (Å²) in [6.07, 6.45) is 4.08. The molecule has 2 N–H and O–H groups in total. The van der Waals surface area contributed by atoms with Gasteiger partial charge >= 0.3 is 0 Å². The number of aromatic nitrogens is 1. The average Bonchev–Trinajstić information content (AvgIpc) is 2.32. The van der Waals surface area contributed by atoms with Crippen molar-refractivity contribution in [3.63, 3.8) is 0 Å². The first-order chi connectivity index (χ1) is 8.56. The molecule has 1 atom stereocenters. The summed E-state index contributed by atoms with van der Waals surface area (Å²) in [5.41, 5.74) is 8.97. The molecule has 0 aliphatic carbocycles. The van der Waals surface area contributed by atoms with Crippen LogP contribution in [0.15, 0.2) is 36.7 Å². The smallest absolute Gasteiger partial charge is 0.124 e. The average molecular weight is 265 g/mol. The first kappa shape index (κ1) is 13.0. The SMILES string of the molecule is Cc1cncc(C(N)Cc2ccc(F)cc2Cl)c1. The summed E-state index contributed by atoms with van der Waals surface area (Å²) in [5, 5.41) is 0.408. The van der Waals surface area contributed by atoms with Gasteiger partial charge in [-0.2, -0.15) is 0 Å². The number of rotatable bonds is 3. The van der Waals surface area contributed by atoms with Crippen molar-refractivity contribution < 1.29 is 4.39 Å². The van der Waals surface area contributed by atoms with Gasteiger partial charge in [0.2, 0.25) is 0 Å². The molecule has 2 aromatic rings. The van der Waals surface area contributed by atoms with Crippen molar-refractivity contribution in [2.45, 2.75) is 19.4 Å². The van der Waals surface area contributed by atoms with E-state index < -0.39 is 0 Å². The van der Waals surface area contributed by atoms with Crippen LogP contribution in [0.25, 0.3) is 0 Å². The molecule has 2 nitrogen and oxygen atoms in total. The van der Waals surface area contributed by atoms with Gasteiger partial charge in [0, 0.05) is 23.5 Å². The topological polar surface area (TPSA) is 38.9 Å². The van der Waals surface area contributed by atoms with Crippen LogP contribution in [0.4, 0.5) is 4.39 Å². The van der Waals surface area contributed by atoms with E-state index in [1.165, 1.54) is 12.1 Å². The highest BCUT2D eigenvalue weighted by Gasteiger charge is 2.10. The molecule has 0 amide bonds. The van der Waals surface area contributed by atoms with Gasteiger partial charge in [0.15, 0.2) is 0 Å². The van der Waals surface area contributed by atoms with Crippen LogP contribution >= 0.6 is 11.6 Å². The Kier molecular flexibility index (Phi) is 3.94. The summed E-state index contributed by atoms with van der Waals surface area (Å²) in [5.74, 6) is -0.338. The zero-order chi connectivity index (χ0) is 13.1. The summed E-state index contributed by atoms with van der Waals surface area (Å²) in [6.45, 7) is 1.97. The Morgan fingerprint density at radius 1 is 1.33 bits per heavy atom. The predicted octanol–water partition coefficient (Wildman–Crippen LogP) is 3.43. The van der Waals surface area contributed by atoms with Gasteiger partial charge in [-0.15, -0.1) is 0 Å². The number of pyridine rings is 1. The van der Waals surface area contributed by atoms with Gasteiger partial charge in [-0.05, 0) is 42.2 Å². The summed E-state index contributed by atoms with van der Waals surface area (Å²) < 4.78 is 12.9. The van der Waals surface area contributed by atoms with Crippen LogP contribution in [0.1, 0.15) is 22.7 Å². The summed E-state index contributed by atoms with van der Waals surface area (Å²) in [4.78, 5) is 4.11. The van der Waals surface area contributed by atoms with Crippen LogP contribution in [0, 0.1) is 12.7 Å². The van der Waals surface area contributed by atoms with Gasteiger partial charge in [-0.25, -0.2) is 4.39 Å². The molecule has 1 unspecified atom stereocenters. The number of benzene rings is 1. The zero-order valence-corrected chi connectivity index (χ0v) is 10.8. The number of hydrogen-bond acceptors (Lipinski definition) is 2. The molecular weight excluding hydrogens is 251 g/mol. The molecule has 94 valence electrons.